The highest BCUT2D eigenvalue weighted by atomic mass is 32.2. The van der Waals surface area contributed by atoms with Crippen LogP contribution >= 0.6 is 0 Å². The van der Waals surface area contributed by atoms with Gasteiger partial charge in [0.25, 0.3) is 0 Å². The molecule has 1 aromatic heterocycles. The van der Waals surface area contributed by atoms with Gasteiger partial charge in [-0.1, -0.05) is 6.07 Å². The molecule has 0 aliphatic rings. The second-order valence-corrected chi connectivity index (χ2v) is 8.42. The Kier molecular flexibility index (Phi) is 5.84. The normalized spacial score (nSPS) is 11.1. The first-order valence-corrected chi connectivity index (χ1v) is 10.5. The number of hydrogen-bond donors (Lipinski definition) is 1. The van der Waals surface area contributed by atoms with Gasteiger partial charge in [0.15, 0.2) is 9.84 Å². The maximum Gasteiger partial charge on any atom is 0.335 e. The summed E-state index contributed by atoms with van der Waals surface area (Å²) in [5.74, 6) is -0.185. The summed E-state index contributed by atoms with van der Waals surface area (Å²) < 4.78 is 34.5. The van der Waals surface area contributed by atoms with Crippen LogP contribution in [0.3, 0.4) is 0 Å². The molecular formula is C21H19NO6S. The molecule has 2 aromatic carbocycles. The van der Waals surface area contributed by atoms with Crippen molar-refractivity contribution in [3.8, 4) is 17.2 Å². The minimum Gasteiger partial charge on any atom is -0.487 e. The van der Waals surface area contributed by atoms with E-state index < -0.39 is 15.8 Å². The third kappa shape index (κ3) is 5.32. The van der Waals surface area contributed by atoms with E-state index >= 15 is 0 Å². The number of nitrogens with zero attached hydrogens (tertiary/aromatic N) is 1. The Hall–Kier alpha value is -3.39. The van der Waals surface area contributed by atoms with Crippen LogP contribution in [-0.4, -0.2) is 30.7 Å². The highest BCUT2D eigenvalue weighted by Crippen LogP contribution is 2.29. The first-order valence-electron chi connectivity index (χ1n) is 8.62. The van der Waals surface area contributed by atoms with Crippen molar-refractivity contribution in [3.05, 3.63) is 77.6 Å². The number of sulfone groups is 1. The van der Waals surface area contributed by atoms with Crippen molar-refractivity contribution >= 4 is 15.8 Å². The molecule has 29 heavy (non-hydrogen) atoms. The number of carboxylic acid groups (broad SMARTS) is 1. The Balaban J connectivity index is 1.83. The van der Waals surface area contributed by atoms with Gasteiger partial charge in [0.1, 0.15) is 23.9 Å². The molecule has 0 saturated heterocycles. The molecule has 150 valence electrons. The van der Waals surface area contributed by atoms with Gasteiger partial charge in [-0.3, -0.25) is 4.98 Å². The molecule has 0 aliphatic heterocycles. The average molecular weight is 413 g/mol. The Morgan fingerprint density at radius 1 is 1.03 bits per heavy atom. The predicted molar refractivity (Wildman–Crippen MR) is 106 cm³/mol. The first kappa shape index (κ1) is 20.3. The van der Waals surface area contributed by atoms with Gasteiger partial charge in [-0.2, -0.15) is 0 Å². The highest BCUT2D eigenvalue weighted by molar-refractivity contribution is 7.90. The number of carboxylic acids is 1. The summed E-state index contributed by atoms with van der Waals surface area (Å²) in [5.41, 5.74) is 1.71. The lowest BCUT2D eigenvalue weighted by Gasteiger charge is -2.12. The number of rotatable bonds is 7. The van der Waals surface area contributed by atoms with Crippen LogP contribution in [0.2, 0.25) is 0 Å². The molecule has 8 heteroatoms. The minimum absolute atomic E-state index is 0.00278. The van der Waals surface area contributed by atoms with Gasteiger partial charge in [0.2, 0.25) is 0 Å². The largest absolute Gasteiger partial charge is 0.487 e. The van der Waals surface area contributed by atoms with Crippen LogP contribution in [0.15, 0.2) is 65.7 Å². The van der Waals surface area contributed by atoms with Crippen LogP contribution in [0.5, 0.6) is 17.2 Å². The molecule has 0 unspecified atom stereocenters. The number of carbonyl (C=O) groups is 1. The Morgan fingerprint density at radius 3 is 2.34 bits per heavy atom. The Labute approximate surface area is 168 Å². The molecule has 1 heterocycles. The van der Waals surface area contributed by atoms with Crippen molar-refractivity contribution < 1.29 is 27.8 Å². The monoisotopic (exact) mass is 413 g/mol. The number of aromatic nitrogens is 1. The fourth-order valence-corrected chi connectivity index (χ4v) is 3.18. The topological polar surface area (TPSA) is 103 Å². The van der Waals surface area contributed by atoms with E-state index in [0.717, 1.165) is 17.5 Å². The highest BCUT2D eigenvalue weighted by Gasteiger charge is 2.12. The number of benzene rings is 2. The van der Waals surface area contributed by atoms with E-state index in [9.17, 15) is 18.3 Å². The zero-order valence-electron chi connectivity index (χ0n) is 15.8. The molecule has 3 aromatic rings. The molecule has 0 spiro atoms. The van der Waals surface area contributed by atoms with E-state index in [-0.39, 0.29) is 22.8 Å². The van der Waals surface area contributed by atoms with Gasteiger partial charge < -0.3 is 14.6 Å². The molecule has 7 nitrogen and oxygen atoms in total. The second-order valence-electron chi connectivity index (χ2n) is 6.40. The van der Waals surface area contributed by atoms with Crippen molar-refractivity contribution in [1.82, 2.24) is 4.98 Å². The van der Waals surface area contributed by atoms with E-state index in [1.165, 1.54) is 36.4 Å². The molecule has 0 saturated carbocycles. The van der Waals surface area contributed by atoms with E-state index in [2.05, 4.69) is 4.98 Å². The van der Waals surface area contributed by atoms with Gasteiger partial charge in [-0.05, 0) is 55.0 Å². The van der Waals surface area contributed by atoms with Gasteiger partial charge in [0, 0.05) is 18.5 Å². The third-order valence-corrected chi connectivity index (χ3v) is 5.24. The molecule has 0 fully saturated rings. The second kappa shape index (κ2) is 8.32. The summed E-state index contributed by atoms with van der Waals surface area (Å²) in [6.07, 6.45) is 2.78. The summed E-state index contributed by atoms with van der Waals surface area (Å²) in [5, 5.41) is 9.36. The van der Waals surface area contributed by atoms with Crippen LogP contribution in [-0.2, 0) is 16.4 Å². The van der Waals surface area contributed by atoms with Gasteiger partial charge in [0.05, 0.1) is 16.2 Å². The molecule has 0 atom stereocenters. The fourth-order valence-electron chi connectivity index (χ4n) is 2.55. The van der Waals surface area contributed by atoms with Crippen molar-refractivity contribution in [3.63, 3.8) is 0 Å². The standard InChI is InChI=1S/C21H19NO6S/c1-14-4-3-9-22-20(14)13-27-17-10-15(21(23)24)11-18(12-17)28-16-5-7-19(8-6-16)29(2,25)26/h3-12H,13H2,1-2H3,(H,23,24). The van der Waals surface area contributed by atoms with E-state index in [0.29, 0.717) is 11.5 Å². The van der Waals surface area contributed by atoms with Crippen LogP contribution in [0.25, 0.3) is 0 Å². The first-order chi connectivity index (χ1) is 13.7. The third-order valence-electron chi connectivity index (χ3n) is 4.11. The van der Waals surface area contributed by atoms with Gasteiger partial charge >= 0.3 is 5.97 Å². The zero-order chi connectivity index (χ0) is 21.0. The lowest BCUT2D eigenvalue weighted by atomic mass is 10.2. The van der Waals surface area contributed by atoms with Crippen LogP contribution in [0.1, 0.15) is 21.6 Å². The molecule has 1 N–H and O–H groups in total. The average Bonchev–Trinajstić information content (AvgIpc) is 2.67. The molecule has 0 radical (unpaired) electrons. The van der Waals surface area contributed by atoms with Crippen molar-refractivity contribution in [2.45, 2.75) is 18.4 Å². The molecular weight excluding hydrogens is 394 g/mol. The number of aromatic carboxylic acids is 1. The summed E-state index contributed by atoms with van der Waals surface area (Å²) in [4.78, 5) is 15.9. The smallest absolute Gasteiger partial charge is 0.335 e. The molecule has 0 amide bonds. The van der Waals surface area contributed by atoms with Crippen molar-refractivity contribution in [2.24, 2.45) is 0 Å². The van der Waals surface area contributed by atoms with Crippen molar-refractivity contribution in [2.75, 3.05) is 6.26 Å². The zero-order valence-corrected chi connectivity index (χ0v) is 16.6. The summed E-state index contributed by atoms with van der Waals surface area (Å²) in [6, 6.07) is 13.9. The van der Waals surface area contributed by atoms with Crippen LogP contribution in [0, 0.1) is 6.92 Å². The SMILES string of the molecule is Cc1cccnc1COc1cc(Oc2ccc(S(C)(=O)=O)cc2)cc(C(=O)O)c1. The lowest BCUT2D eigenvalue weighted by Crippen LogP contribution is -2.03. The van der Waals surface area contributed by atoms with Crippen molar-refractivity contribution in [1.29, 1.82) is 0 Å². The predicted octanol–water partition coefficient (Wildman–Crippen LogP) is 3.86. The number of hydrogen-bond acceptors (Lipinski definition) is 6. The van der Waals surface area contributed by atoms with E-state index in [1.807, 2.05) is 19.1 Å². The summed E-state index contributed by atoms with van der Waals surface area (Å²) in [7, 11) is -3.31. The molecule has 3 rings (SSSR count). The summed E-state index contributed by atoms with van der Waals surface area (Å²) >= 11 is 0. The Morgan fingerprint density at radius 2 is 1.72 bits per heavy atom. The minimum atomic E-state index is -3.31. The number of aryl methyl sites for hydroxylation is 1. The van der Waals surface area contributed by atoms with Gasteiger partial charge in [-0.15, -0.1) is 0 Å². The van der Waals surface area contributed by atoms with Crippen LogP contribution < -0.4 is 9.47 Å². The van der Waals surface area contributed by atoms with Crippen LogP contribution in [0.4, 0.5) is 0 Å². The maximum atomic E-state index is 11.6. The fraction of sp³-hybridized carbons (Fsp3) is 0.143. The lowest BCUT2D eigenvalue weighted by molar-refractivity contribution is 0.0696. The maximum absolute atomic E-state index is 11.6. The van der Waals surface area contributed by atoms with E-state index in [4.69, 9.17) is 9.47 Å². The van der Waals surface area contributed by atoms with E-state index in [1.54, 1.807) is 12.3 Å². The molecule has 0 aliphatic carbocycles. The van der Waals surface area contributed by atoms with Gasteiger partial charge in [-0.25, -0.2) is 13.2 Å². The number of pyridine rings is 1. The summed E-state index contributed by atoms with van der Waals surface area (Å²) in [6.45, 7) is 2.09. The molecule has 0 bridgehead atoms. The quantitative estimate of drug-likeness (QED) is 0.627. The number of ether oxygens (including phenoxy) is 2. The Bertz CT molecular complexity index is 1140.